The maximum absolute atomic E-state index is 13.4. The number of hydrogen-bond donors (Lipinski definition) is 0. The molecule has 0 radical (unpaired) electrons. The Bertz CT molecular complexity index is 1320. The summed E-state index contributed by atoms with van der Waals surface area (Å²) >= 11 is 13.0. The third-order valence-corrected chi connectivity index (χ3v) is 5.93. The number of pyridine rings is 2. The van der Waals surface area contributed by atoms with E-state index in [0.717, 1.165) is 27.7 Å². The molecular weight excluding hydrogens is 431 g/mol. The average molecular weight is 447 g/mol. The second-order valence-corrected chi connectivity index (χ2v) is 7.96. The zero-order valence-electron chi connectivity index (χ0n) is 16.2. The van der Waals surface area contributed by atoms with Crippen molar-refractivity contribution in [2.45, 2.75) is 12.5 Å². The van der Waals surface area contributed by atoms with Crippen molar-refractivity contribution in [2.24, 2.45) is 5.10 Å². The standard InChI is InChI=1S/C24H16Cl2N4O/c25-19-7-3-2-6-17(19)21-14-22(30(29-21)24(31)15-9-11-27-12-10-15)18-13-16-5-1-4-8-20(16)28-23(18)26/h1-13,22H,14H2. The monoisotopic (exact) mass is 446 g/mol. The predicted molar refractivity (Wildman–Crippen MR) is 123 cm³/mol. The van der Waals surface area contributed by atoms with Gasteiger partial charge in [0.1, 0.15) is 5.15 Å². The molecule has 1 aliphatic heterocycles. The Kier molecular flexibility index (Phi) is 5.14. The number of benzene rings is 2. The molecule has 0 N–H and O–H groups in total. The number of hydrazone groups is 1. The molecule has 2 aromatic heterocycles. The average Bonchev–Trinajstić information content (AvgIpc) is 3.24. The lowest BCUT2D eigenvalue weighted by atomic mass is 9.98. The third-order valence-electron chi connectivity index (χ3n) is 5.29. The Morgan fingerprint density at radius 3 is 2.52 bits per heavy atom. The van der Waals surface area contributed by atoms with Gasteiger partial charge in [-0.1, -0.05) is 59.6 Å². The van der Waals surface area contributed by atoms with Crippen LogP contribution in [0.3, 0.4) is 0 Å². The van der Waals surface area contributed by atoms with Crippen molar-refractivity contribution >= 4 is 45.7 Å². The molecule has 2 aromatic carbocycles. The summed E-state index contributed by atoms with van der Waals surface area (Å²) in [6, 6.07) is 20.1. The van der Waals surface area contributed by atoms with E-state index < -0.39 is 6.04 Å². The van der Waals surface area contributed by atoms with Gasteiger partial charge < -0.3 is 0 Å². The van der Waals surface area contributed by atoms with Crippen LogP contribution in [0.1, 0.15) is 33.9 Å². The fourth-order valence-electron chi connectivity index (χ4n) is 3.77. The molecule has 4 aromatic rings. The van der Waals surface area contributed by atoms with Gasteiger partial charge in [-0.05, 0) is 30.3 Å². The third kappa shape index (κ3) is 3.67. The molecule has 5 nitrogen and oxygen atoms in total. The highest BCUT2D eigenvalue weighted by Gasteiger charge is 2.35. The van der Waals surface area contributed by atoms with E-state index in [1.54, 1.807) is 24.5 Å². The second-order valence-electron chi connectivity index (χ2n) is 7.19. The van der Waals surface area contributed by atoms with Crippen molar-refractivity contribution < 1.29 is 4.79 Å². The first-order valence-corrected chi connectivity index (χ1v) is 10.5. The van der Waals surface area contributed by atoms with Crippen molar-refractivity contribution in [2.75, 3.05) is 0 Å². The molecule has 3 heterocycles. The van der Waals surface area contributed by atoms with Crippen LogP contribution in [0.5, 0.6) is 0 Å². The van der Waals surface area contributed by atoms with E-state index in [-0.39, 0.29) is 5.91 Å². The van der Waals surface area contributed by atoms with E-state index in [1.165, 1.54) is 5.01 Å². The predicted octanol–water partition coefficient (Wildman–Crippen LogP) is 5.93. The van der Waals surface area contributed by atoms with Gasteiger partial charge >= 0.3 is 0 Å². The Labute approximate surface area is 189 Å². The van der Waals surface area contributed by atoms with Crippen LogP contribution in [0.4, 0.5) is 0 Å². The van der Waals surface area contributed by atoms with Crippen LogP contribution in [0, 0.1) is 0 Å². The number of amides is 1. The largest absolute Gasteiger partial charge is 0.274 e. The number of carbonyl (C=O) groups is 1. The molecule has 0 saturated carbocycles. The number of aromatic nitrogens is 2. The normalized spacial score (nSPS) is 15.9. The lowest BCUT2D eigenvalue weighted by molar-refractivity contribution is 0.0711. The molecule has 1 unspecified atom stereocenters. The summed E-state index contributed by atoms with van der Waals surface area (Å²) < 4.78 is 0. The van der Waals surface area contributed by atoms with E-state index in [4.69, 9.17) is 23.2 Å². The first-order chi connectivity index (χ1) is 15.1. The van der Waals surface area contributed by atoms with Gasteiger partial charge in [0.25, 0.3) is 5.91 Å². The van der Waals surface area contributed by atoms with E-state index >= 15 is 0 Å². The van der Waals surface area contributed by atoms with Crippen LogP contribution < -0.4 is 0 Å². The van der Waals surface area contributed by atoms with Crippen molar-refractivity contribution in [3.05, 3.63) is 106 Å². The molecular formula is C24H16Cl2N4O. The summed E-state index contributed by atoms with van der Waals surface area (Å²) in [7, 11) is 0. The van der Waals surface area contributed by atoms with Gasteiger partial charge in [0.2, 0.25) is 0 Å². The van der Waals surface area contributed by atoms with Crippen molar-refractivity contribution in [3.63, 3.8) is 0 Å². The van der Waals surface area contributed by atoms with Gasteiger partial charge in [-0.3, -0.25) is 9.78 Å². The molecule has 31 heavy (non-hydrogen) atoms. The molecule has 0 spiro atoms. The maximum Gasteiger partial charge on any atom is 0.274 e. The molecule has 0 bridgehead atoms. The fourth-order valence-corrected chi connectivity index (χ4v) is 4.28. The van der Waals surface area contributed by atoms with Crippen molar-refractivity contribution in [1.29, 1.82) is 0 Å². The molecule has 0 aliphatic carbocycles. The summed E-state index contributed by atoms with van der Waals surface area (Å²) in [4.78, 5) is 21.9. The topological polar surface area (TPSA) is 58.5 Å². The van der Waals surface area contributed by atoms with Gasteiger partial charge in [-0.15, -0.1) is 0 Å². The summed E-state index contributed by atoms with van der Waals surface area (Å²) in [5.74, 6) is -0.237. The zero-order chi connectivity index (χ0) is 21.4. The lowest BCUT2D eigenvalue weighted by Crippen LogP contribution is -2.27. The number of nitrogens with zero attached hydrogens (tertiary/aromatic N) is 4. The number of halogens is 2. The summed E-state index contributed by atoms with van der Waals surface area (Å²) in [5.41, 5.74) is 3.56. The minimum Gasteiger partial charge on any atom is -0.267 e. The van der Waals surface area contributed by atoms with Crippen LogP contribution in [0.2, 0.25) is 10.2 Å². The number of carbonyl (C=O) groups excluding carboxylic acids is 1. The number of rotatable bonds is 3. The van der Waals surface area contributed by atoms with Crippen LogP contribution in [-0.4, -0.2) is 26.6 Å². The van der Waals surface area contributed by atoms with E-state index in [2.05, 4.69) is 15.1 Å². The van der Waals surface area contributed by atoms with E-state index in [9.17, 15) is 4.79 Å². The SMILES string of the molecule is O=C(c1ccncc1)N1N=C(c2ccccc2Cl)CC1c1cc2ccccc2nc1Cl. The van der Waals surface area contributed by atoms with Crippen LogP contribution in [0.15, 0.2) is 84.2 Å². The Hall–Kier alpha value is -3.28. The minimum absolute atomic E-state index is 0.237. The number of hydrogen-bond acceptors (Lipinski definition) is 4. The fraction of sp³-hybridized carbons (Fsp3) is 0.0833. The maximum atomic E-state index is 13.4. The number of fused-ring (bicyclic) bond motifs is 1. The summed E-state index contributed by atoms with van der Waals surface area (Å²) in [5, 5.41) is 8.05. The summed E-state index contributed by atoms with van der Waals surface area (Å²) in [6.07, 6.45) is 3.64. The first-order valence-electron chi connectivity index (χ1n) is 9.73. The Balaban J connectivity index is 1.62. The molecule has 1 amide bonds. The summed E-state index contributed by atoms with van der Waals surface area (Å²) in [6.45, 7) is 0. The zero-order valence-corrected chi connectivity index (χ0v) is 17.8. The Morgan fingerprint density at radius 2 is 1.71 bits per heavy atom. The highest BCUT2D eigenvalue weighted by atomic mass is 35.5. The first kappa shape index (κ1) is 19.7. The molecule has 1 aliphatic rings. The van der Waals surface area contributed by atoms with Gasteiger partial charge in [0.05, 0.1) is 17.3 Å². The van der Waals surface area contributed by atoms with Crippen molar-refractivity contribution in [1.82, 2.24) is 15.0 Å². The Morgan fingerprint density at radius 1 is 0.968 bits per heavy atom. The van der Waals surface area contributed by atoms with Crippen LogP contribution >= 0.6 is 23.2 Å². The second kappa shape index (κ2) is 8.10. The molecule has 152 valence electrons. The van der Waals surface area contributed by atoms with Crippen molar-refractivity contribution in [3.8, 4) is 0 Å². The van der Waals surface area contributed by atoms with Crippen LogP contribution in [-0.2, 0) is 0 Å². The number of para-hydroxylation sites is 1. The quantitative estimate of drug-likeness (QED) is 0.366. The van der Waals surface area contributed by atoms with Gasteiger partial charge in [0, 0.05) is 45.9 Å². The smallest absolute Gasteiger partial charge is 0.267 e. The molecule has 1 atom stereocenters. The molecule has 0 fully saturated rings. The lowest BCUT2D eigenvalue weighted by Gasteiger charge is -2.23. The van der Waals surface area contributed by atoms with E-state index in [0.29, 0.717) is 22.2 Å². The highest BCUT2D eigenvalue weighted by Crippen LogP contribution is 2.38. The molecule has 7 heteroatoms. The molecule has 5 rings (SSSR count). The van der Waals surface area contributed by atoms with Gasteiger partial charge in [-0.25, -0.2) is 9.99 Å². The van der Waals surface area contributed by atoms with Gasteiger partial charge in [-0.2, -0.15) is 5.10 Å². The molecule has 0 saturated heterocycles. The minimum atomic E-state index is -0.406. The van der Waals surface area contributed by atoms with Crippen LogP contribution in [0.25, 0.3) is 10.9 Å². The highest BCUT2D eigenvalue weighted by molar-refractivity contribution is 6.34. The van der Waals surface area contributed by atoms with E-state index in [1.807, 2.05) is 54.6 Å². The van der Waals surface area contributed by atoms with Gasteiger partial charge in [0.15, 0.2) is 0 Å².